The van der Waals surface area contributed by atoms with Crippen molar-refractivity contribution in [2.24, 2.45) is 0 Å². The summed E-state index contributed by atoms with van der Waals surface area (Å²) in [6, 6.07) is 8.21. The predicted molar refractivity (Wildman–Crippen MR) is 96.9 cm³/mol. The summed E-state index contributed by atoms with van der Waals surface area (Å²) < 4.78 is 10.7. The van der Waals surface area contributed by atoms with E-state index in [1.54, 1.807) is 13.2 Å². The van der Waals surface area contributed by atoms with Gasteiger partial charge in [-0.15, -0.1) is 12.4 Å². The Kier molecular flexibility index (Phi) is 7.28. The van der Waals surface area contributed by atoms with Crippen LogP contribution in [-0.2, 0) is 17.8 Å². The number of aromatic nitrogens is 1. The van der Waals surface area contributed by atoms with Gasteiger partial charge in [-0.05, 0) is 17.7 Å². The van der Waals surface area contributed by atoms with Gasteiger partial charge in [0.1, 0.15) is 12.0 Å². The van der Waals surface area contributed by atoms with Crippen molar-refractivity contribution < 1.29 is 13.9 Å². The molecule has 1 aromatic carbocycles. The summed E-state index contributed by atoms with van der Waals surface area (Å²) in [5, 5.41) is 0. The molecule has 2 heterocycles. The molecule has 136 valence electrons. The van der Waals surface area contributed by atoms with Gasteiger partial charge >= 0.3 is 0 Å². The number of carbonyl (C=O) groups is 1. The van der Waals surface area contributed by atoms with Crippen LogP contribution in [0.25, 0.3) is 0 Å². The average Bonchev–Trinajstić information content (AvgIpc) is 3.10. The van der Waals surface area contributed by atoms with E-state index in [1.807, 2.05) is 17.0 Å². The van der Waals surface area contributed by atoms with E-state index in [4.69, 9.17) is 9.15 Å². The van der Waals surface area contributed by atoms with Gasteiger partial charge in [0.25, 0.3) is 0 Å². The normalized spacial score (nSPS) is 14.8. The molecule has 25 heavy (non-hydrogen) atoms. The third-order valence-corrected chi connectivity index (χ3v) is 4.26. The first kappa shape index (κ1) is 19.3. The number of piperazine rings is 1. The number of nitrogens with zero attached hydrogens (tertiary/aromatic N) is 3. The highest BCUT2D eigenvalue weighted by Crippen LogP contribution is 2.15. The van der Waals surface area contributed by atoms with Gasteiger partial charge in [-0.3, -0.25) is 9.69 Å². The number of carbonyl (C=O) groups excluding carboxylic acids is 1. The van der Waals surface area contributed by atoms with Crippen LogP contribution in [0.1, 0.15) is 18.2 Å². The molecule has 1 saturated heterocycles. The Balaban J connectivity index is 0.00000225. The summed E-state index contributed by atoms with van der Waals surface area (Å²) in [6.45, 7) is 6.61. The fourth-order valence-corrected chi connectivity index (χ4v) is 2.80. The van der Waals surface area contributed by atoms with Crippen molar-refractivity contribution >= 4 is 18.3 Å². The quantitative estimate of drug-likeness (QED) is 0.786. The molecule has 6 nitrogen and oxygen atoms in total. The highest BCUT2D eigenvalue weighted by molar-refractivity contribution is 5.85. The van der Waals surface area contributed by atoms with Crippen LogP contribution in [0.5, 0.6) is 5.75 Å². The van der Waals surface area contributed by atoms with E-state index in [0.29, 0.717) is 6.61 Å². The van der Waals surface area contributed by atoms with Crippen molar-refractivity contribution in [1.29, 1.82) is 0 Å². The van der Waals surface area contributed by atoms with Crippen molar-refractivity contribution in [3.8, 4) is 5.75 Å². The lowest BCUT2D eigenvalue weighted by atomic mass is 10.2. The lowest BCUT2D eigenvalue weighted by Gasteiger charge is -2.34. The molecule has 7 heteroatoms. The summed E-state index contributed by atoms with van der Waals surface area (Å²) in [7, 11) is 0. The minimum absolute atomic E-state index is 0. The number of hydrogen-bond donors (Lipinski definition) is 0. The minimum Gasteiger partial charge on any atom is -0.493 e. The molecule has 3 rings (SSSR count). The molecule has 1 amide bonds. The Bertz CT molecular complexity index is 638. The number of rotatable bonds is 6. The fraction of sp³-hybridized carbons (Fsp3) is 0.444. The van der Waals surface area contributed by atoms with Gasteiger partial charge in [-0.1, -0.05) is 12.1 Å². The highest BCUT2D eigenvalue weighted by atomic mass is 35.5. The third-order valence-electron chi connectivity index (χ3n) is 4.26. The van der Waals surface area contributed by atoms with E-state index in [-0.39, 0.29) is 18.3 Å². The SMILES string of the molecule is CC(=O)N1CCN(Cc2ccc(OCCc3cocn3)cc2)CC1.Cl. The average molecular weight is 366 g/mol. The molecular formula is C18H24ClN3O3. The highest BCUT2D eigenvalue weighted by Gasteiger charge is 2.18. The fourth-order valence-electron chi connectivity index (χ4n) is 2.80. The number of ether oxygens (including phenoxy) is 1. The minimum atomic E-state index is 0. The molecule has 0 atom stereocenters. The largest absolute Gasteiger partial charge is 0.493 e. The zero-order valence-electron chi connectivity index (χ0n) is 14.4. The number of amides is 1. The van der Waals surface area contributed by atoms with E-state index < -0.39 is 0 Å². The standard InChI is InChI=1S/C18H23N3O3.ClH/c1-15(22)21-9-7-20(8-10-21)12-16-2-4-18(5-3-16)24-11-6-17-13-23-14-19-17;/h2-5,13-14H,6-12H2,1H3;1H. The van der Waals surface area contributed by atoms with Gasteiger partial charge in [0, 0.05) is 46.1 Å². The Hall–Kier alpha value is -2.05. The smallest absolute Gasteiger partial charge is 0.219 e. The number of hydrogen-bond acceptors (Lipinski definition) is 5. The molecule has 0 aliphatic carbocycles. The number of halogens is 1. The molecule has 0 bridgehead atoms. The molecule has 1 aliphatic rings. The second kappa shape index (κ2) is 9.44. The topological polar surface area (TPSA) is 58.8 Å². The summed E-state index contributed by atoms with van der Waals surface area (Å²) in [5.41, 5.74) is 2.16. The summed E-state index contributed by atoms with van der Waals surface area (Å²) in [5.74, 6) is 1.03. The van der Waals surface area contributed by atoms with Gasteiger partial charge in [0.15, 0.2) is 6.39 Å². The summed E-state index contributed by atoms with van der Waals surface area (Å²) in [6.07, 6.45) is 3.80. The Morgan fingerprint density at radius 3 is 2.52 bits per heavy atom. The number of oxazole rings is 1. The van der Waals surface area contributed by atoms with Crippen molar-refractivity contribution in [2.75, 3.05) is 32.8 Å². The van der Waals surface area contributed by atoms with Crippen LogP contribution in [0.4, 0.5) is 0 Å². The van der Waals surface area contributed by atoms with Gasteiger partial charge < -0.3 is 14.1 Å². The van der Waals surface area contributed by atoms with E-state index in [1.165, 1.54) is 12.0 Å². The second-order valence-electron chi connectivity index (χ2n) is 6.00. The van der Waals surface area contributed by atoms with Gasteiger partial charge in [0.05, 0.1) is 12.3 Å². The van der Waals surface area contributed by atoms with Crippen LogP contribution in [0, 0.1) is 0 Å². The first-order valence-corrected chi connectivity index (χ1v) is 8.27. The van der Waals surface area contributed by atoms with Crippen LogP contribution in [0.15, 0.2) is 41.3 Å². The molecule has 0 spiro atoms. The summed E-state index contributed by atoms with van der Waals surface area (Å²) >= 11 is 0. The first-order valence-electron chi connectivity index (χ1n) is 8.27. The van der Waals surface area contributed by atoms with Crippen LogP contribution >= 0.6 is 12.4 Å². The van der Waals surface area contributed by atoms with Crippen LogP contribution in [-0.4, -0.2) is 53.5 Å². The Morgan fingerprint density at radius 1 is 1.20 bits per heavy atom. The van der Waals surface area contributed by atoms with E-state index in [9.17, 15) is 4.79 Å². The van der Waals surface area contributed by atoms with Crippen molar-refractivity contribution in [3.05, 3.63) is 48.2 Å². The Labute approximate surface area is 154 Å². The second-order valence-corrected chi connectivity index (χ2v) is 6.00. The van der Waals surface area contributed by atoms with Gasteiger partial charge in [-0.2, -0.15) is 0 Å². The number of benzene rings is 1. The molecule has 1 fully saturated rings. The summed E-state index contributed by atoms with van der Waals surface area (Å²) in [4.78, 5) is 19.7. The molecule has 2 aromatic rings. The van der Waals surface area contributed by atoms with Gasteiger partial charge in [0.2, 0.25) is 5.91 Å². The Morgan fingerprint density at radius 2 is 1.92 bits per heavy atom. The maximum absolute atomic E-state index is 11.3. The van der Waals surface area contributed by atoms with Crippen LogP contribution in [0.3, 0.4) is 0 Å². The zero-order chi connectivity index (χ0) is 16.8. The third kappa shape index (κ3) is 5.76. The first-order chi connectivity index (χ1) is 11.7. The lowest BCUT2D eigenvalue weighted by molar-refractivity contribution is -0.130. The molecule has 0 N–H and O–H groups in total. The molecule has 0 unspecified atom stereocenters. The van der Waals surface area contributed by atoms with E-state index in [2.05, 4.69) is 22.0 Å². The van der Waals surface area contributed by atoms with Crippen LogP contribution < -0.4 is 4.74 Å². The predicted octanol–water partition coefficient (Wildman–Crippen LogP) is 2.38. The zero-order valence-corrected chi connectivity index (χ0v) is 15.2. The lowest BCUT2D eigenvalue weighted by Crippen LogP contribution is -2.47. The molecule has 1 aliphatic heterocycles. The van der Waals surface area contributed by atoms with E-state index >= 15 is 0 Å². The maximum Gasteiger partial charge on any atom is 0.219 e. The van der Waals surface area contributed by atoms with E-state index in [0.717, 1.165) is 50.6 Å². The van der Waals surface area contributed by atoms with Gasteiger partial charge in [-0.25, -0.2) is 4.98 Å². The molecule has 0 radical (unpaired) electrons. The van der Waals surface area contributed by atoms with Crippen molar-refractivity contribution in [2.45, 2.75) is 19.9 Å². The van der Waals surface area contributed by atoms with Crippen LogP contribution in [0.2, 0.25) is 0 Å². The molecular weight excluding hydrogens is 342 g/mol. The van der Waals surface area contributed by atoms with Crippen molar-refractivity contribution in [1.82, 2.24) is 14.8 Å². The molecule has 1 aromatic heterocycles. The van der Waals surface area contributed by atoms with Crippen molar-refractivity contribution in [3.63, 3.8) is 0 Å². The molecule has 0 saturated carbocycles. The maximum atomic E-state index is 11.3. The monoisotopic (exact) mass is 365 g/mol.